The average molecular weight is 243 g/mol. The number of rotatable bonds is 5. The van der Waals surface area contributed by atoms with Crippen LogP contribution in [0.15, 0.2) is 18.2 Å². The van der Waals surface area contributed by atoms with Crippen molar-refractivity contribution in [2.45, 2.75) is 19.9 Å². The van der Waals surface area contributed by atoms with Crippen molar-refractivity contribution in [3.8, 4) is 0 Å². The molecular weight excluding hydrogens is 228 g/mol. The van der Waals surface area contributed by atoms with Crippen LogP contribution in [0.3, 0.4) is 0 Å². The van der Waals surface area contributed by atoms with Crippen LogP contribution in [0.1, 0.15) is 25.5 Å². The number of carbonyl (C=O) groups excluding carboxylic acids is 1. The van der Waals surface area contributed by atoms with Crippen LogP contribution in [0.4, 0.5) is 8.78 Å². The van der Waals surface area contributed by atoms with Crippen molar-refractivity contribution >= 4 is 5.97 Å². The molecule has 1 N–H and O–H groups in total. The summed E-state index contributed by atoms with van der Waals surface area (Å²) in [5.41, 5.74) is -0.0368. The fraction of sp³-hybridized carbons (Fsp3) is 0.417. The molecule has 1 aromatic rings. The van der Waals surface area contributed by atoms with Gasteiger partial charge in [-0.3, -0.25) is 0 Å². The standard InChI is InChI=1S/C12H15F2NO2/c1-3-15-11(12(16)17-4-2)8-6-5-7-9(13)10(8)14/h5-7,11,15H,3-4H2,1-2H3. The largest absolute Gasteiger partial charge is 0.465 e. The molecule has 1 unspecified atom stereocenters. The molecule has 0 spiro atoms. The zero-order valence-electron chi connectivity index (χ0n) is 9.80. The Morgan fingerprint density at radius 2 is 2.12 bits per heavy atom. The van der Waals surface area contributed by atoms with E-state index in [4.69, 9.17) is 4.74 Å². The SMILES string of the molecule is CCNC(C(=O)OCC)c1cccc(F)c1F. The topological polar surface area (TPSA) is 38.3 Å². The summed E-state index contributed by atoms with van der Waals surface area (Å²) in [5.74, 6) is -2.61. The summed E-state index contributed by atoms with van der Waals surface area (Å²) >= 11 is 0. The first kappa shape index (κ1) is 13.6. The minimum atomic E-state index is -1.02. The lowest BCUT2D eigenvalue weighted by Gasteiger charge is -2.17. The van der Waals surface area contributed by atoms with E-state index in [0.29, 0.717) is 6.54 Å². The van der Waals surface area contributed by atoms with Gasteiger partial charge in [-0.2, -0.15) is 0 Å². The van der Waals surface area contributed by atoms with Crippen molar-refractivity contribution in [3.63, 3.8) is 0 Å². The van der Waals surface area contributed by atoms with E-state index in [2.05, 4.69) is 5.32 Å². The van der Waals surface area contributed by atoms with E-state index in [9.17, 15) is 13.6 Å². The molecule has 0 saturated carbocycles. The quantitative estimate of drug-likeness (QED) is 0.805. The fourth-order valence-corrected chi connectivity index (χ4v) is 1.49. The van der Waals surface area contributed by atoms with Gasteiger partial charge in [-0.1, -0.05) is 19.1 Å². The van der Waals surface area contributed by atoms with Crippen LogP contribution in [-0.4, -0.2) is 19.1 Å². The molecule has 0 aliphatic rings. The highest BCUT2D eigenvalue weighted by molar-refractivity contribution is 5.77. The van der Waals surface area contributed by atoms with Crippen molar-refractivity contribution in [2.75, 3.05) is 13.2 Å². The molecule has 1 rings (SSSR count). The molecule has 94 valence electrons. The number of halogens is 2. The highest BCUT2D eigenvalue weighted by atomic mass is 19.2. The van der Waals surface area contributed by atoms with E-state index in [1.807, 2.05) is 0 Å². The molecule has 0 radical (unpaired) electrons. The molecule has 3 nitrogen and oxygen atoms in total. The summed E-state index contributed by atoms with van der Waals surface area (Å²) in [4.78, 5) is 11.6. The number of nitrogens with one attached hydrogen (secondary N) is 1. The molecule has 1 atom stereocenters. The van der Waals surface area contributed by atoms with Gasteiger partial charge in [-0.05, 0) is 19.5 Å². The molecule has 1 aromatic carbocycles. The Bertz CT molecular complexity index is 396. The number of hydrogen-bond acceptors (Lipinski definition) is 3. The van der Waals surface area contributed by atoms with Crippen molar-refractivity contribution in [3.05, 3.63) is 35.4 Å². The van der Waals surface area contributed by atoms with Gasteiger partial charge in [0.05, 0.1) is 6.61 Å². The van der Waals surface area contributed by atoms with Gasteiger partial charge in [0.2, 0.25) is 0 Å². The predicted molar refractivity (Wildman–Crippen MR) is 59.4 cm³/mol. The number of hydrogen-bond donors (Lipinski definition) is 1. The molecule has 0 aliphatic heterocycles. The second-order valence-corrected chi connectivity index (χ2v) is 3.39. The Kier molecular flexibility index (Phi) is 5.03. The van der Waals surface area contributed by atoms with Crippen LogP contribution in [0, 0.1) is 11.6 Å². The monoisotopic (exact) mass is 243 g/mol. The molecule has 0 saturated heterocycles. The first-order chi connectivity index (χ1) is 8.11. The first-order valence-electron chi connectivity index (χ1n) is 5.45. The fourth-order valence-electron chi connectivity index (χ4n) is 1.49. The van der Waals surface area contributed by atoms with Crippen LogP contribution in [-0.2, 0) is 9.53 Å². The summed E-state index contributed by atoms with van der Waals surface area (Å²) in [6, 6.07) is 2.75. The maximum atomic E-state index is 13.6. The molecule has 0 heterocycles. The normalized spacial score (nSPS) is 12.2. The number of carbonyl (C=O) groups is 1. The molecule has 0 aliphatic carbocycles. The molecule has 0 amide bonds. The number of benzene rings is 1. The summed E-state index contributed by atoms with van der Waals surface area (Å²) in [6.07, 6.45) is 0. The van der Waals surface area contributed by atoms with Crippen LogP contribution in [0.25, 0.3) is 0 Å². The Morgan fingerprint density at radius 1 is 1.41 bits per heavy atom. The molecule has 0 fully saturated rings. The van der Waals surface area contributed by atoms with Crippen LogP contribution in [0.2, 0.25) is 0 Å². The van der Waals surface area contributed by atoms with Crippen molar-refractivity contribution in [1.82, 2.24) is 5.32 Å². The van der Waals surface area contributed by atoms with Gasteiger partial charge in [0.15, 0.2) is 11.6 Å². The first-order valence-corrected chi connectivity index (χ1v) is 5.45. The van der Waals surface area contributed by atoms with Crippen molar-refractivity contribution < 1.29 is 18.3 Å². The van der Waals surface area contributed by atoms with Gasteiger partial charge in [0, 0.05) is 5.56 Å². The Hall–Kier alpha value is -1.49. The zero-order valence-corrected chi connectivity index (χ0v) is 9.80. The Morgan fingerprint density at radius 3 is 2.71 bits per heavy atom. The van der Waals surface area contributed by atoms with E-state index in [1.165, 1.54) is 12.1 Å². The second-order valence-electron chi connectivity index (χ2n) is 3.39. The van der Waals surface area contributed by atoms with E-state index in [0.717, 1.165) is 6.07 Å². The summed E-state index contributed by atoms with van der Waals surface area (Å²) in [7, 11) is 0. The number of likely N-dealkylation sites (N-methyl/N-ethyl adjacent to an activating group) is 1. The van der Waals surface area contributed by atoms with E-state index < -0.39 is 23.6 Å². The maximum Gasteiger partial charge on any atom is 0.327 e. The van der Waals surface area contributed by atoms with E-state index >= 15 is 0 Å². The average Bonchev–Trinajstić information content (AvgIpc) is 2.30. The number of ether oxygens (including phenoxy) is 1. The van der Waals surface area contributed by atoms with Crippen LogP contribution < -0.4 is 5.32 Å². The predicted octanol–water partition coefficient (Wildman–Crippen LogP) is 2.18. The summed E-state index contributed by atoms with van der Waals surface area (Å²) < 4.78 is 31.4. The molecule has 0 bridgehead atoms. The minimum Gasteiger partial charge on any atom is -0.465 e. The third-order valence-corrected chi connectivity index (χ3v) is 2.22. The third kappa shape index (κ3) is 3.23. The van der Waals surface area contributed by atoms with Gasteiger partial charge in [-0.15, -0.1) is 0 Å². The van der Waals surface area contributed by atoms with Gasteiger partial charge in [0.1, 0.15) is 6.04 Å². The van der Waals surface area contributed by atoms with Gasteiger partial charge >= 0.3 is 5.97 Å². The van der Waals surface area contributed by atoms with Crippen LogP contribution >= 0.6 is 0 Å². The lowest BCUT2D eigenvalue weighted by molar-refractivity contribution is -0.145. The second kappa shape index (κ2) is 6.30. The van der Waals surface area contributed by atoms with Crippen molar-refractivity contribution in [1.29, 1.82) is 0 Å². The van der Waals surface area contributed by atoms with E-state index in [1.54, 1.807) is 13.8 Å². The lowest BCUT2D eigenvalue weighted by atomic mass is 10.1. The van der Waals surface area contributed by atoms with Crippen molar-refractivity contribution in [2.24, 2.45) is 0 Å². The van der Waals surface area contributed by atoms with Gasteiger partial charge in [-0.25, -0.2) is 13.6 Å². The number of esters is 1. The summed E-state index contributed by atoms with van der Waals surface area (Å²) in [6.45, 7) is 4.06. The minimum absolute atomic E-state index is 0.0368. The lowest BCUT2D eigenvalue weighted by Crippen LogP contribution is -2.31. The molecule has 17 heavy (non-hydrogen) atoms. The smallest absolute Gasteiger partial charge is 0.327 e. The van der Waals surface area contributed by atoms with E-state index in [-0.39, 0.29) is 12.2 Å². The Labute approximate surface area is 98.8 Å². The third-order valence-electron chi connectivity index (χ3n) is 2.22. The van der Waals surface area contributed by atoms with Gasteiger partial charge < -0.3 is 10.1 Å². The zero-order chi connectivity index (χ0) is 12.8. The molecular formula is C12H15F2NO2. The summed E-state index contributed by atoms with van der Waals surface area (Å²) in [5, 5.41) is 2.77. The van der Waals surface area contributed by atoms with Crippen LogP contribution in [0.5, 0.6) is 0 Å². The molecule has 0 aromatic heterocycles. The highest BCUT2D eigenvalue weighted by Gasteiger charge is 2.25. The highest BCUT2D eigenvalue weighted by Crippen LogP contribution is 2.20. The Balaban J connectivity index is 3.05. The molecule has 5 heteroatoms. The van der Waals surface area contributed by atoms with Gasteiger partial charge in [0.25, 0.3) is 0 Å². The maximum absolute atomic E-state index is 13.6.